The summed E-state index contributed by atoms with van der Waals surface area (Å²) in [5, 5.41) is 4.91. The van der Waals surface area contributed by atoms with Crippen LogP contribution >= 0.6 is 0 Å². The number of amides is 1. The summed E-state index contributed by atoms with van der Waals surface area (Å²) in [6, 6.07) is 15.2. The molecule has 1 amide bonds. The van der Waals surface area contributed by atoms with Crippen LogP contribution in [-0.2, 0) is 0 Å². The van der Waals surface area contributed by atoms with E-state index >= 15 is 0 Å². The van der Waals surface area contributed by atoms with Gasteiger partial charge in [0.15, 0.2) is 0 Å². The van der Waals surface area contributed by atoms with E-state index in [-0.39, 0.29) is 12.0 Å². The number of rotatable bonds is 4. The second kappa shape index (κ2) is 6.53. The first-order chi connectivity index (χ1) is 13.7. The number of benzene rings is 2. The Morgan fingerprint density at radius 3 is 2.86 bits per heavy atom. The highest BCUT2D eigenvalue weighted by atomic mass is 16.5. The van der Waals surface area contributed by atoms with Gasteiger partial charge in [0.05, 0.1) is 18.7 Å². The number of carbonyl (C=O) groups excluding carboxylic acids is 1. The van der Waals surface area contributed by atoms with Crippen molar-refractivity contribution in [1.82, 2.24) is 20.0 Å². The largest absolute Gasteiger partial charge is 0.486 e. The second-order valence-corrected chi connectivity index (χ2v) is 6.83. The average Bonchev–Trinajstić information content (AvgIpc) is 3.32. The van der Waals surface area contributed by atoms with Gasteiger partial charge in [0.2, 0.25) is 11.7 Å². The van der Waals surface area contributed by atoms with Crippen molar-refractivity contribution in [2.75, 3.05) is 13.1 Å². The standard InChI is InChI=1S/C21H18N4O3/c1-13-23-20(24-28-13)17-5-2-3-8-19(17)27-14-11-25(12-14)21(26)16-6-4-7-18-15(16)9-10-22-18/h2-10,14,22H,11-12H2,1H3. The number of nitrogens with zero attached hydrogens (tertiary/aromatic N) is 3. The molecule has 0 unspecified atom stereocenters. The maximum Gasteiger partial charge on any atom is 0.254 e. The van der Waals surface area contributed by atoms with Crippen molar-refractivity contribution in [3.05, 3.63) is 66.2 Å². The molecule has 0 atom stereocenters. The third-order valence-electron chi connectivity index (χ3n) is 4.91. The van der Waals surface area contributed by atoms with Gasteiger partial charge < -0.3 is 19.1 Å². The van der Waals surface area contributed by atoms with Crippen molar-refractivity contribution in [1.29, 1.82) is 0 Å². The molecule has 4 aromatic rings. The van der Waals surface area contributed by atoms with Crippen LogP contribution in [0.15, 0.2) is 59.3 Å². The number of fused-ring (bicyclic) bond motifs is 1. The fourth-order valence-electron chi connectivity index (χ4n) is 3.46. The summed E-state index contributed by atoms with van der Waals surface area (Å²) in [5.41, 5.74) is 2.45. The molecular weight excluding hydrogens is 356 g/mol. The Hall–Kier alpha value is -3.61. The number of nitrogens with one attached hydrogen (secondary N) is 1. The number of likely N-dealkylation sites (tertiary alicyclic amines) is 1. The predicted octanol–water partition coefficient (Wildman–Crippen LogP) is 3.43. The lowest BCUT2D eigenvalue weighted by Gasteiger charge is -2.39. The SMILES string of the molecule is Cc1nc(-c2ccccc2OC2CN(C(=O)c3cccc4[nH]ccc34)C2)no1. The molecule has 140 valence electrons. The number of hydrogen-bond acceptors (Lipinski definition) is 5. The molecule has 7 nitrogen and oxygen atoms in total. The van der Waals surface area contributed by atoms with Crippen molar-refractivity contribution >= 4 is 16.8 Å². The van der Waals surface area contributed by atoms with E-state index in [2.05, 4.69) is 15.1 Å². The van der Waals surface area contributed by atoms with Gasteiger partial charge in [-0.15, -0.1) is 0 Å². The molecule has 0 bridgehead atoms. The molecule has 2 aromatic heterocycles. The fourth-order valence-corrected chi connectivity index (χ4v) is 3.46. The maximum absolute atomic E-state index is 12.9. The van der Waals surface area contributed by atoms with E-state index in [0.717, 1.165) is 16.5 Å². The highest BCUT2D eigenvalue weighted by molar-refractivity contribution is 6.06. The minimum atomic E-state index is -0.0662. The molecule has 7 heteroatoms. The number of aromatic amines is 1. The van der Waals surface area contributed by atoms with E-state index in [0.29, 0.717) is 36.1 Å². The van der Waals surface area contributed by atoms with E-state index in [9.17, 15) is 4.79 Å². The van der Waals surface area contributed by atoms with Gasteiger partial charge in [-0.05, 0) is 30.3 Å². The van der Waals surface area contributed by atoms with Crippen molar-refractivity contribution in [2.45, 2.75) is 13.0 Å². The molecule has 1 aliphatic heterocycles. The smallest absolute Gasteiger partial charge is 0.254 e. The Labute approximate surface area is 160 Å². The minimum Gasteiger partial charge on any atom is -0.486 e. The number of carbonyl (C=O) groups is 1. The van der Waals surface area contributed by atoms with Crippen LogP contribution in [0, 0.1) is 6.92 Å². The quantitative estimate of drug-likeness (QED) is 0.592. The van der Waals surface area contributed by atoms with Crippen molar-refractivity contribution in [3.8, 4) is 17.1 Å². The Kier molecular flexibility index (Phi) is 3.86. The van der Waals surface area contributed by atoms with E-state index in [1.54, 1.807) is 11.8 Å². The fraction of sp³-hybridized carbons (Fsp3) is 0.190. The summed E-state index contributed by atoms with van der Waals surface area (Å²) >= 11 is 0. The van der Waals surface area contributed by atoms with E-state index in [1.807, 2.05) is 54.7 Å². The van der Waals surface area contributed by atoms with Gasteiger partial charge in [-0.1, -0.05) is 23.4 Å². The van der Waals surface area contributed by atoms with Gasteiger partial charge >= 0.3 is 0 Å². The third-order valence-corrected chi connectivity index (χ3v) is 4.91. The van der Waals surface area contributed by atoms with E-state index in [4.69, 9.17) is 9.26 Å². The lowest BCUT2D eigenvalue weighted by molar-refractivity contribution is 0.0181. The lowest BCUT2D eigenvalue weighted by Crippen LogP contribution is -2.56. The first kappa shape index (κ1) is 16.6. The van der Waals surface area contributed by atoms with Crippen LogP contribution in [0.3, 0.4) is 0 Å². The Morgan fingerprint density at radius 2 is 2.04 bits per heavy atom. The molecule has 0 saturated carbocycles. The zero-order chi connectivity index (χ0) is 19.1. The number of para-hydroxylation sites is 1. The zero-order valence-electron chi connectivity index (χ0n) is 15.3. The van der Waals surface area contributed by atoms with Crippen LogP contribution in [0.2, 0.25) is 0 Å². The van der Waals surface area contributed by atoms with Crippen LogP contribution in [-0.4, -0.2) is 45.1 Å². The number of hydrogen-bond donors (Lipinski definition) is 1. The molecule has 3 heterocycles. The summed E-state index contributed by atoms with van der Waals surface area (Å²) in [6.07, 6.45) is 1.78. The third kappa shape index (κ3) is 2.81. The minimum absolute atomic E-state index is 0.0205. The predicted molar refractivity (Wildman–Crippen MR) is 103 cm³/mol. The molecule has 28 heavy (non-hydrogen) atoms. The first-order valence-corrected chi connectivity index (χ1v) is 9.11. The molecule has 1 N–H and O–H groups in total. The normalized spacial score (nSPS) is 14.2. The summed E-state index contributed by atoms with van der Waals surface area (Å²) in [7, 11) is 0. The van der Waals surface area contributed by atoms with Gasteiger partial charge in [0.25, 0.3) is 5.91 Å². The van der Waals surface area contributed by atoms with Crippen LogP contribution in [0.25, 0.3) is 22.3 Å². The lowest BCUT2D eigenvalue weighted by atomic mass is 10.1. The van der Waals surface area contributed by atoms with Crippen molar-refractivity contribution in [2.24, 2.45) is 0 Å². The molecule has 1 saturated heterocycles. The van der Waals surface area contributed by atoms with Crippen LogP contribution in [0.1, 0.15) is 16.2 Å². The molecular formula is C21H18N4O3. The Bertz CT molecular complexity index is 1160. The molecule has 2 aromatic carbocycles. The second-order valence-electron chi connectivity index (χ2n) is 6.83. The van der Waals surface area contributed by atoms with E-state index < -0.39 is 0 Å². The van der Waals surface area contributed by atoms with E-state index in [1.165, 1.54) is 0 Å². The average molecular weight is 374 g/mol. The molecule has 5 rings (SSSR count). The van der Waals surface area contributed by atoms with Gasteiger partial charge in [0, 0.05) is 29.6 Å². The summed E-state index contributed by atoms with van der Waals surface area (Å²) in [6.45, 7) is 2.83. The van der Waals surface area contributed by atoms with Gasteiger partial charge in [0.1, 0.15) is 11.9 Å². The summed E-state index contributed by atoms with van der Waals surface area (Å²) in [5.74, 6) is 1.71. The van der Waals surface area contributed by atoms with Gasteiger partial charge in [-0.25, -0.2) is 0 Å². The summed E-state index contributed by atoms with van der Waals surface area (Å²) in [4.78, 5) is 22.1. The van der Waals surface area contributed by atoms with Gasteiger partial charge in [-0.3, -0.25) is 4.79 Å². The van der Waals surface area contributed by atoms with Crippen molar-refractivity contribution < 1.29 is 14.1 Å². The molecule has 0 radical (unpaired) electrons. The first-order valence-electron chi connectivity index (χ1n) is 9.11. The van der Waals surface area contributed by atoms with Gasteiger partial charge in [-0.2, -0.15) is 4.98 Å². The monoisotopic (exact) mass is 374 g/mol. The zero-order valence-corrected chi connectivity index (χ0v) is 15.3. The molecule has 0 aliphatic carbocycles. The number of ether oxygens (including phenoxy) is 1. The molecule has 1 aliphatic rings. The topological polar surface area (TPSA) is 84.2 Å². The maximum atomic E-state index is 12.9. The highest BCUT2D eigenvalue weighted by Crippen LogP contribution is 2.30. The van der Waals surface area contributed by atoms with Crippen molar-refractivity contribution in [3.63, 3.8) is 0 Å². The van der Waals surface area contributed by atoms with Crippen LogP contribution in [0.4, 0.5) is 0 Å². The Morgan fingerprint density at radius 1 is 1.18 bits per heavy atom. The molecule has 1 fully saturated rings. The molecule has 0 spiro atoms. The number of aromatic nitrogens is 3. The Balaban J connectivity index is 1.30. The van der Waals surface area contributed by atoms with Crippen LogP contribution < -0.4 is 4.74 Å². The highest BCUT2D eigenvalue weighted by Gasteiger charge is 2.34. The number of H-pyrrole nitrogens is 1. The van der Waals surface area contributed by atoms with Crippen LogP contribution in [0.5, 0.6) is 5.75 Å². The summed E-state index contributed by atoms with van der Waals surface area (Å²) < 4.78 is 11.2. The number of aryl methyl sites for hydroxylation is 1.